The number of carbonyl (C=O) groups excluding carboxylic acids is 1. The average Bonchev–Trinajstić information content (AvgIpc) is 3.13. The number of halogens is 1. The highest BCUT2D eigenvalue weighted by Crippen LogP contribution is 2.20. The van der Waals surface area contributed by atoms with Gasteiger partial charge in [-0.05, 0) is 18.6 Å². The van der Waals surface area contributed by atoms with E-state index in [1.165, 1.54) is 0 Å². The Balaban J connectivity index is 1.43. The number of amides is 1. The molecule has 28 heavy (non-hydrogen) atoms. The van der Waals surface area contributed by atoms with E-state index in [-0.39, 0.29) is 5.91 Å². The fourth-order valence-electron chi connectivity index (χ4n) is 3.62. The van der Waals surface area contributed by atoms with E-state index < -0.39 is 0 Å². The number of hydrogen-bond acceptors (Lipinski definition) is 5. The third-order valence-corrected chi connectivity index (χ3v) is 5.96. The third kappa shape index (κ3) is 3.61. The Morgan fingerprint density at radius 2 is 1.89 bits per heavy atom. The van der Waals surface area contributed by atoms with Crippen molar-refractivity contribution in [2.24, 2.45) is 0 Å². The second-order valence-corrected chi connectivity index (χ2v) is 7.85. The summed E-state index contributed by atoms with van der Waals surface area (Å²) in [4.78, 5) is 21.5. The molecule has 1 saturated heterocycles. The van der Waals surface area contributed by atoms with E-state index in [1.54, 1.807) is 0 Å². The molecule has 2 aromatic heterocycles. The smallest absolute Gasteiger partial charge is 0.257 e. The summed E-state index contributed by atoms with van der Waals surface area (Å²) in [6.07, 6.45) is 1.24. The van der Waals surface area contributed by atoms with Gasteiger partial charge in [0.15, 0.2) is 0 Å². The standard InChI is InChI=1S/C20H23BrN6O/c1-3-17-23-24-20-22-18(12-14(2)27(17)20)25-8-10-26(11-9-25)19(28)13-15-6-4-5-7-16(15)21/h4-7,12H,3,8-11,13H2,1-2H3. The maximum Gasteiger partial charge on any atom is 0.257 e. The Bertz CT molecular complexity index is 1010. The topological polar surface area (TPSA) is 66.6 Å². The van der Waals surface area contributed by atoms with Gasteiger partial charge in [-0.25, -0.2) is 0 Å². The SMILES string of the molecule is CCc1nnc2nc(N3CCN(C(=O)Cc4ccccc4Br)CC3)cc(C)n12. The van der Waals surface area contributed by atoms with Crippen LogP contribution >= 0.6 is 15.9 Å². The molecular weight excluding hydrogens is 420 g/mol. The lowest BCUT2D eigenvalue weighted by Gasteiger charge is -2.35. The summed E-state index contributed by atoms with van der Waals surface area (Å²) in [7, 11) is 0. The molecule has 3 aromatic rings. The quantitative estimate of drug-likeness (QED) is 0.621. The van der Waals surface area contributed by atoms with Gasteiger partial charge < -0.3 is 9.80 Å². The van der Waals surface area contributed by atoms with Crippen molar-refractivity contribution < 1.29 is 4.79 Å². The molecule has 0 spiro atoms. The first-order valence-corrected chi connectivity index (χ1v) is 10.3. The minimum absolute atomic E-state index is 0.163. The van der Waals surface area contributed by atoms with E-state index in [0.29, 0.717) is 25.3 Å². The van der Waals surface area contributed by atoms with Gasteiger partial charge in [-0.15, -0.1) is 10.2 Å². The van der Waals surface area contributed by atoms with Crippen LogP contribution in [0.4, 0.5) is 5.82 Å². The van der Waals surface area contributed by atoms with E-state index >= 15 is 0 Å². The van der Waals surface area contributed by atoms with Crippen LogP contribution in [0.15, 0.2) is 34.8 Å². The highest BCUT2D eigenvalue weighted by Gasteiger charge is 2.23. The van der Waals surface area contributed by atoms with E-state index in [2.05, 4.69) is 55.9 Å². The molecule has 1 aromatic carbocycles. The van der Waals surface area contributed by atoms with Crippen molar-refractivity contribution in [1.82, 2.24) is 24.5 Å². The molecule has 146 valence electrons. The van der Waals surface area contributed by atoms with Gasteiger partial charge in [0.1, 0.15) is 11.6 Å². The highest BCUT2D eigenvalue weighted by molar-refractivity contribution is 9.10. The molecule has 3 heterocycles. The molecule has 1 aliphatic heterocycles. The third-order valence-electron chi connectivity index (χ3n) is 5.19. The Kier molecular flexibility index (Phi) is 5.30. The van der Waals surface area contributed by atoms with Crippen molar-refractivity contribution >= 4 is 33.4 Å². The van der Waals surface area contributed by atoms with Crippen LogP contribution in [0.25, 0.3) is 5.78 Å². The van der Waals surface area contributed by atoms with Gasteiger partial charge in [0, 0.05) is 48.8 Å². The largest absolute Gasteiger partial charge is 0.353 e. The summed E-state index contributed by atoms with van der Waals surface area (Å²) in [6, 6.07) is 9.96. The summed E-state index contributed by atoms with van der Waals surface area (Å²) in [5.74, 6) is 2.63. The number of carbonyl (C=O) groups is 1. The maximum absolute atomic E-state index is 12.7. The van der Waals surface area contributed by atoms with Gasteiger partial charge in [0.25, 0.3) is 5.78 Å². The van der Waals surface area contributed by atoms with Crippen molar-refractivity contribution in [2.45, 2.75) is 26.7 Å². The molecule has 0 bridgehead atoms. The van der Waals surface area contributed by atoms with Crippen LogP contribution in [0.1, 0.15) is 24.0 Å². The number of nitrogens with zero attached hydrogens (tertiary/aromatic N) is 6. The van der Waals surface area contributed by atoms with Crippen LogP contribution in [0.3, 0.4) is 0 Å². The number of aryl methyl sites for hydroxylation is 2. The van der Waals surface area contributed by atoms with E-state index in [1.807, 2.05) is 33.6 Å². The Morgan fingerprint density at radius 1 is 1.14 bits per heavy atom. The summed E-state index contributed by atoms with van der Waals surface area (Å²) in [5, 5.41) is 8.43. The molecule has 0 unspecified atom stereocenters. The normalized spacial score (nSPS) is 14.7. The van der Waals surface area contributed by atoms with Crippen molar-refractivity contribution in [1.29, 1.82) is 0 Å². The predicted octanol–water partition coefficient (Wildman–Crippen LogP) is 2.65. The van der Waals surface area contributed by atoms with Crippen molar-refractivity contribution in [2.75, 3.05) is 31.1 Å². The summed E-state index contributed by atoms with van der Waals surface area (Å²) < 4.78 is 2.98. The molecule has 1 amide bonds. The molecule has 1 fully saturated rings. The molecule has 8 heteroatoms. The lowest BCUT2D eigenvalue weighted by atomic mass is 10.1. The van der Waals surface area contributed by atoms with Crippen LogP contribution < -0.4 is 4.90 Å². The monoisotopic (exact) mass is 442 g/mol. The van der Waals surface area contributed by atoms with Crippen LogP contribution in [-0.4, -0.2) is 56.6 Å². The number of benzene rings is 1. The van der Waals surface area contributed by atoms with Gasteiger partial charge in [-0.1, -0.05) is 41.1 Å². The zero-order chi connectivity index (χ0) is 19.7. The number of piperazine rings is 1. The Morgan fingerprint density at radius 3 is 2.61 bits per heavy atom. The first-order valence-electron chi connectivity index (χ1n) is 9.54. The minimum atomic E-state index is 0.163. The van der Waals surface area contributed by atoms with Crippen LogP contribution in [0, 0.1) is 6.92 Å². The van der Waals surface area contributed by atoms with E-state index in [0.717, 1.165) is 46.9 Å². The van der Waals surface area contributed by atoms with Crippen LogP contribution in [-0.2, 0) is 17.6 Å². The first-order chi connectivity index (χ1) is 13.6. The van der Waals surface area contributed by atoms with Crippen LogP contribution in [0.2, 0.25) is 0 Å². The minimum Gasteiger partial charge on any atom is -0.353 e. The summed E-state index contributed by atoms with van der Waals surface area (Å²) >= 11 is 3.52. The Labute approximate surface area is 172 Å². The number of rotatable bonds is 4. The second-order valence-electron chi connectivity index (χ2n) is 7.00. The Hall–Kier alpha value is -2.48. The molecule has 1 aliphatic rings. The maximum atomic E-state index is 12.7. The number of hydrogen-bond donors (Lipinski definition) is 0. The first kappa shape index (κ1) is 18.9. The number of fused-ring (bicyclic) bond motifs is 1. The van der Waals surface area contributed by atoms with E-state index in [4.69, 9.17) is 0 Å². The molecule has 0 N–H and O–H groups in total. The van der Waals surface area contributed by atoms with Crippen LogP contribution in [0.5, 0.6) is 0 Å². The van der Waals surface area contributed by atoms with Crippen molar-refractivity contribution in [3.05, 3.63) is 51.9 Å². The van der Waals surface area contributed by atoms with Crippen molar-refractivity contribution in [3.63, 3.8) is 0 Å². The molecule has 4 rings (SSSR count). The summed E-state index contributed by atoms with van der Waals surface area (Å²) in [5.41, 5.74) is 2.10. The highest BCUT2D eigenvalue weighted by atomic mass is 79.9. The zero-order valence-corrected chi connectivity index (χ0v) is 17.7. The van der Waals surface area contributed by atoms with Gasteiger partial charge in [0.2, 0.25) is 5.91 Å². The fraction of sp³-hybridized carbons (Fsp3) is 0.400. The zero-order valence-electron chi connectivity index (χ0n) is 16.1. The number of aromatic nitrogens is 4. The van der Waals surface area contributed by atoms with Crippen molar-refractivity contribution in [3.8, 4) is 0 Å². The lowest BCUT2D eigenvalue weighted by Crippen LogP contribution is -2.49. The predicted molar refractivity (Wildman–Crippen MR) is 112 cm³/mol. The average molecular weight is 443 g/mol. The second kappa shape index (κ2) is 7.87. The van der Waals surface area contributed by atoms with Gasteiger partial charge in [-0.3, -0.25) is 9.20 Å². The molecule has 0 saturated carbocycles. The lowest BCUT2D eigenvalue weighted by molar-refractivity contribution is -0.130. The summed E-state index contributed by atoms with van der Waals surface area (Å²) in [6.45, 7) is 7.04. The molecule has 7 nitrogen and oxygen atoms in total. The van der Waals surface area contributed by atoms with E-state index in [9.17, 15) is 4.79 Å². The van der Waals surface area contributed by atoms with Gasteiger partial charge in [-0.2, -0.15) is 4.98 Å². The molecule has 0 aliphatic carbocycles. The van der Waals surface area contributed by atoms with Gasteiger partial charge in [0.05, 0.1) is 6.42 Å². The molecule has 0 radical (unpaired) electrons. The number of anilines is 1. The fourth-order valence-corrected chi connectivity index (χ4v) is 4.04. The van der Waals surface area contributed by atoms with Gasteiger partial charge >= 0.3 is 0 Å². The molecular formula is C20H23BrN6O. The molecule has 0 atom stereocenters.